The van der Waals surface area contributed by atoms with Gasteiger partial charge in [-0.25, -0.2) is 4.98 Å². The Morgan fingerprint density at radius 3 is 2.67 bits per heavy atom. The molecule has 1 atom stereocenters. The van der Waals surface area contributed by atoms with E-state index in [9.17, 15) is 13.2 Å². The molecule has 30 heavy (non-hydrogen) atoms. The number of rotatable bonds is 6. The van der Waals surface area contributed by atoms with Crippen LogP contribution in [0.5, 0.6) is 0 Å². The number of halogens is 4. The summed E-state index contributed by atoms with van der Waals surface area (Å²) in [6, 6.07) is 12.4. The highest BCUT2D eigenvalue weighted by molar-refractivity contribution is 6.31. The van der Waals surface area contributed by atoms with E-state index >= 15 is 0 Å². The zero-order valence-corrected chi connectivity index (χ0v) is 16.6. The molecule has 0 saturated heterocycles. The summed E-state index contributed by atoms with van der Waals surface area (Å²) in [5.74, 6) is -0.165. The van der Waals surface area contributed by atoms with E-state index in [0.29, 0.717) is 39.0 Å². The Labute approximate surface area is 175 Å². The van der Waals surface area contributed by atoms with Gasteiger partial charge in [0.25, 0.3) is 0 Å². The van der Waals surface area contributed by atoms with E-state index in [4.69, 9.17) is 16.0 Å². The molecule has 0 aliphatic carbocycles. The van der Waals surface area contributed by atoms with E-state index < -0.39 is 18.5 Å². The van der Waals surface area contributed by atoms with Crippen molar-refractivity contribution in [1.82, 2.24) is 15.2 Å². The largest absolute Gasteiger partial charge is 0.684 e. The summed E-state index contributed by atoms with van der Waals surface area (Å²) in [6.07, 6.45) is -3.40. The third kappa shape index (κ3) is 4.59. The highest BCUT2D eigenvalue weighted by Crippen LogP contribution is 2.34. The van der Waals surface area contributed by atoms with Crippen molar-refractivity contribution in [1.29, 1.82) is 0 Å². The predicted molar refractivity (Wildman–Crippen MR) is 110 cm³/mol. The van der Waals surface area contributed by atoms with Gasteiger partial charge in [0.05, 0.1) is 17.5 Å². The summed E-state index contributed by atoms with van der Waals surface area (Å²) >= 11 is 6.01. The molecular weight excluding hydrogens is 417 g/mol. The molecule has 9 heteroatoms. The number of nitrogens with zero attached hydrogens (tertiary/aromatic N) is 3. The number of hydrogen-bond acceptors (Lipinski definition) is 3. The molecule has 0 radical (unpaired) electrons. The van der Waals surface area contributed by atoms with E-state index in [0.717, 1.165) is 5.56 Å². The van der Waals surface area contributed by atoms with Crippen molar-refractivity contribution in [2.75, 3.05) is 6.54 Å². The molecule has 5 nitrogen and oxygen atoms in total. The summed E-state index contributed by atoms with van der Waals surface area (Å²) in [6.45, 7) is 1.65. The number of hydrogen-bond donors (Lipinski definition) is 1. The zero-order chi connectivity index (χ0) is 21.3. The van der Waals surface area contributed by atoms with Gasteiger partial charge in [0.1, 0.15) is 5.52 Å². The minimum Gasteiger partial charge on any atom is -0.684 e. The second-order valence-corrected chi connectivity index (χ2v) is 7.54. The molecule has 2 heterocycles. The minimum atomic E-state index is -4.17. The lowest BCUT2D eigenvalue weighted by molar-refractivity contribution is -0.142. The van der Waals surface area contributed by atoms with Crippen LogP contribution in [0.1, 0.15) is 13.3 Å². The van der Waals surface area contributed by atoms with E-state index in [1.54, 1.807) is 36.5 Å². The van der Waals surface area contributed by atoms with Gasteiger partial charge >= 0.3 is 6.18 Å². The van der Waals surface area contributed by atoms with Gasteiger partial charge in [0, 0.05) is 17.0 Å². The van der Waals surface area contributed by atoms with Crippen molar-refractivity contribution in [3.8, 4) is 22.7 Å². The number of alkyl halides is 3. The van der Waals surface area contributed by atoms with Crippen molar-refractivity contribution in [2.45, 2.75) is 19.5 Å². The summed E-state index contributed by atoms with van der Waals surface area (Å²) in [5.41, 5.74) is 4.10. The Kier molecular flexibility index (Phi) is 5.42. The molecule has 4 aromatic rings. The number of oxazole rings is 1. The molecule has 4 rings (SSSR count). The van der Waals surface area contributed by atoms with Crippen molar-refractivity contribution >= 4 is 28.4 Å². The van der Waals surface area contributed by atoms with Crippen LogP contribution in [0.15, 0.2) is 53.1 Å². The van der Waals surface area contributed by atoms with Crippen molar-refractivity contribution < 1.29 is 17.6 Å². The Bertz CT molecular complexity index is 1150. The Morgan fingerprint density at radius 2 is 1.93 bits per heavy atom. The molecular formula is C21H17ClF3N4O-. The number of H-pyrrole nitrogens is 1. The van der Waals surface area contributed by atoms with Crippen LogP contribution in [-0.4, -0.2) is 27.9 Å². The fourth-order valence-electron chi connectivity index (χ4n) is 3.14. The molecule has 0 aliphatic rings. The quantitative estimate of drug-likeness (QED) is 0.351. The number of nitrogens with one attached hydrogen (secondary N) is 1. The number of fused-ring (bicyclic) bond motifs is 1. The lowest BCUT2D eigenvalue weighted by Gasteiger charge is -2.26. The van der Waals surface area contributed by atoms with Gasteiger partial charge in [0.15, 0.2) is 5.58 Å². The van der Waals surface area contributed by atoms with Crippen LogP contribution in [-0.2, 0) is 0 Å². The first-order valence-corrected chi connectivity index (χ1v) is 9.61. The van der Waals surface area contributed by atoms with Gasteiger partial charge < -0.3 is 9.73 Å². The lowest BCUT2D eigenvalue weighted by Crippen LogP contribution is -2.14. The minimum absolute atomic E-state index is 0.111. The molecule has 2 aromatic heterocycles. The van der Waals surface area contributed by atoms with Crippen LogP contribution in [0.25, 0.3) is 39.1 Å². The van der Waals surface area contributed by atoms with Gasteiger partial charge in [0.2, 0.25) is 5.89 Å². The third-order valence-electron chi connectivity index (χ3n) is 4.54. The topological polar surface area (TPSA) is 68.8 Å². The smallest absolute Gasteiger partial charge is 0.389 e. The molecule has 156 valence electrons. The van der Waals surface area contributed by atoms with Gasteiger partial charge in [-0.05, 0) is 18.2 Å². The highest BCUT2D eigenvalue weighted by atomic mass is 35.5. The third-order valence-corrected chi connectivity index (χ3v) is 4.78. The Morgan fingerprint density at radius 1 is 1.17 bits per heavy atom. The first-order valence-electron chi connectivity index (χ1n) is 9.23. The Hall–Kier alpha value is -3.00. The Balaban J connectivity index is 1.51. The zero-order valence-electron chi connectivity index (χ0n) is 15.9. The summed E-state index contributed by atoms with van der Waals surface area (Å²) in [4.78, 5) is 4.48. The second-order valence-electron chi connectivity index (χ2n) is 7.10. The molecule has 0 amide bonds. The lowest BCUT2D eigenvalue weighted by atomic mass is 10.1. The van der Waals surface area contributed by atoms with Crippen LogP contribution >= 0.6 is 11.6 Å². The second kappa shape index (κ2) is 8.02. The van der Waals surface area contributed by atoms with Crippen LogP contribution in [0.3, 0.4) is 0 Å². The standard InChI is InChI=1S/C21H17ClF3N4O/c1-12(9-21(23,24)25)10-26-15-5-2-13(3-6-15)19-16(11-27-29-19)20-28-17-8-14(22)4-7-18(17)30-20/h2-8,11-12H,9-10H2,1H3,(H,27,29)/q-1. The molecule has 0 bridgehead atoms. The van der Waals surface area contributed by atoms with E-state index in [1.807, 2.05) is 12.1 Å². The number of benzene rings is 2. The molecule has 2 aromatic carbocycles. The molecule has 0 fully saturated rings. The van der Waals surface area contributed by atoms with Crippen molar-refractivity contribution in [2.24, 2.45) is 5.92 Å². The summed E-state index contributed by atoms with van der Waals surface area (Å²) in [7, 11) is 0. The number of aromatic amines is 1. The van der Waals surface area contributed by atoms with Gasteiger partial charge in [-0.1, -0.05) is 48.7 Å². The average molecular weight is 434 g/mol. The van der Waals surface area contributed by atoms with Crippen LogP contribution in [0.4, 0.5) is 18.9 Å². The monoisotopic (exact) mass is 433 g/mol. The summed E-state index contributed by atoms with van der Waals surface area (Å²) in [5, 5.41) is 11.9. The fourth-order valence-corrected chi connectivity index (χ4v) is 3.30. The SMILES string of the molecule is CC(C[N-]c1ccc(-c2[nH]ncc2-c2nc3cc(Cl)ccc3o2)cc1)CC(F)(F)F. The number of aromatic nitrogens is 3. The average Bonchev–Trinajstić information content (AvgIpc) is 3.31. The van der Waals surface area contributed by atoms with Crippen molar-refractivity contribution in [3.05, 3.63) is 59.0 Å². The molecule has 0 aliphatic heterocycles. The van der Waals surface area contributed by atoms with E-state index in [2.05, 4.69) is 20.5 Å². The maximum absolute atomic E-state index is 12.4. The maximum Gasteiger partial charge on any atom is 0.389 e. The highest BCUT2D eigenvalue weighted by Gasteiger charge is 2.28. The molecule has 1 unspecified atom stereocenters. The van der Waals surface area contributed by atoms with E-state index in [1.165, 1.54) is 6.92 Å². The fraction of sp³-hybridized carbons (Fsp3) is 0.238. The normalized spacial score (nSPS) is 13.0. The van der Waals surface area contributed by atoms with Gasteiger partial charge in [-0.2, -0.15) is 18.3 Å². The maximum atomic E-state index is 12.4. The van der Waals surface area contributed by atoms with Crippen molar-refractivity contribution in [3.63, 3.8) is 0 Å². The van der Waals surface area contributed by atoms with Gasteiger partial charge in [-0.15, -0.1) is 12.2 Å². The molecule has 0 spiro atoms. The summed E-state index contributed by atoms with van der Waals surface area (Å²) < 4.78 is 43.1. The van der Waals surface area contributed by atoms with Crippen LogP contribution in [0.2, 0.25) is 5.02 Å². The van der Waals surface area contributed by atoms with Gasteiger partial charge in [-0.3, -0.25) is 5.10 Å². The molecule has 1 N–H and O–H groups in total. The first kappa shape index (κ1) is 20.3. The van der Waals surface area contributed by atoms with E-state index in [-0.39, 0.29) is 6.54 Å². The molecule has 0 saturated carbocycles. The first-order chi connectivity index (χ1) is 14.3. The van der Waals surface area contributed by atoms with Crippen LogP contribution in [0, 0.1) is 5.92 Å². The van der Waals surface area contributed by atoms with Crippen LogP contribution < -0.4 is 0 Å². The predicted octanol–water partition coefficient (Wildman–Crippen LogP) is 7.13.